The van der Waals surface area contributed by atoms with Crippen LogP contribution in [0, 0.1) is 6.92 Å². The Labute approximate surface area is 178 Å². The van der Waals surface area contributed by atoms with Crippen LogP contribution < -0.4 is 0 Å². The lowest BCUT2D eigenvalue weighted by molar-refractivity contribution is 0.402. The van der Waals surface area contributed by atoms with Gasteiger partial charge in [0.25, 0.3) is 0 Å². The molecule has 0 saturated heterocycles. The van der Waals surface area contributed by atoms with E-state index in [0.29, 0.717) is 0 Å². The fourth-order valence-corrected chi connectivity index (χ4v) is 3.56. The lowest BCUT2D eigenvalue weighted by atomic mass is 9.95. The molecule has 0 radical (unpaired) electrons. The highest BCUT2D eigenvalue weighted by Crippen LogP contribution is 2.33. The van der Waals surface area contributed by atoms with Gasteiger partial charge in [-0.15, -0.1) is 0 Å². The zero-order chi connectivity index (χ0) is 21.5. The van der Waals surface area contributed by atoms with Gasteiger partial charge in [-0.05, 0) is 44.8 Å². The van der Waals surface area contributed by atoms with Gasteiger partial charge < -0.3 is 4.90 Å². The SMILES string of the molecule is Cc1ccc(-c2nc3cc(CN(C)C)ccn3c2-c2ccnc(C(C)(C)C)n2)cc1. The summed E-state index contributed by atoms with van der Waals surface area (Å²) in [7, 11) is 4.15. The summed E-state index contributed by atoms with van der Waals surface area (Å²) < 4.78 is 2.14. The van der Waals surface area contributed by atoms with Gasteiger partial charge in [-0.25, -0.2) is 15.0 Å². The Balaban J connectivity index is 1.96. The first-order valence-corrected chi connectivity index (χ1v) is 10.3. The molecular weight excluding hydrogens is 370 g/mol. The van der Waals surface area contributed by atoms with E-state index in [9.17, 15) is 0 Å². The molecule has 0 saturated carbocycles. The molecule has 0 aliphatic rings. The minimum atomic E-state index is -0.126. The summed E-state index contributed by atoms with van der Waals surface area (Å²) >= 11 is 0. The van der Waals surface area contributed by atoms with Gasteiger partial charge in [-0.2, -0.15) is 0 Å². The highest BCUT2D eigenvalue weighted by atomic mass is 15.1. The zero-order valence-electron chi connectivity index (χ0n) is 18.6. The number of nitrogens with zero attached hydrogens (tertiary/aromatic N) is 5. The normalized spacial score (nSPS) is 12.1. The third-order valence-corrected chi connectivity index (χ3v) is 5.08. The number of hydrogen-bond donors (Lipinski definition) is 0. The molecule has 0 bridgehead atoms. The number of imidazole rings is 1. The van der Waals surface area contributed by atoms with E-state index in [0.717, 1.165) is 40.7 Å². The highest BCUT2D eigenvalue weighted by molar-refractivity contribution is 5.80. The molecule has 0 fully saturated rings. The van der Waals surface area contributed by atoms with E-state index >= 15 is 0 Å². The Bertz CT molecular complexity index is 1180. The van der Waals surface area contributed by atoms with E-state index in [1.165, 1.54) is 11.1 Å². The van der Waals surface area contributed by atoms with Crippen LogP contribution >= 0.6 is 0 Å². The molecule has 0 unspecified atom stereocenters. The molecule has 0 amide bonds. The van der Waals surface area contributed by atoms with Crippen molar-refractivity contribution in [3.8, 4) is 22.6 Å². The van der Waals surface area contributed by atoms with Gasteiger partial charge in [0.05, 0.1) is 17.1 Å². The maximum atomic E-state index is 5.03. The molecule has 0 spiro atoms. The molecule has 4 aromatic rings. The first-order valence-electron chi connectivity index (χ1n) is 10.3. The largest absolute Gasteiger partial charge is 0.305 e. The van der Waals surface area contributed by atoms with Gasteiger partial charge in [0.15, 0.2) is 0 Å². The molecule has 1 aromatic carbocycles. The molecule has 5 nitrogen and oxygen atoms in total. The summed E-state index contributed by atoms with van der Waals surface area (Å²) in [6.45, 7) is 9.38. The Morgan fingerprint density at radius 3 is 2.37 bits per heavy atom. The van der Waals surface area contributed by atoms with Crippen molar-refractivity contribution < 1.29 is 0 Å². The number of benzene rings is 1. The van der Waals surface area contributed by atoms with Crippen molar-refractivity contribution in [2.24, 2.45) is 0 Å². The molecule has 0 aliphatic carbocycles. The number of aryl methyl sites for hydroxylation is 1. The van der Waals surface area contributed by atoms with Crippen LogP contribution in [0.15, 0.2) is 54.9 Å². The molecule has 4 rings (SSSR count). The molecule has 0 aliphatic heterocycles. The fourth-order valence-electron chi connectivity index (χ4n) is 3.56. The maximum Gasteiger partial charge on any atom is 0.138 e. The predicted octanol–water partition coefficient (Wildman–Crippen LogP) is 5.13. The Hall–Kier alpha value is -3.05. The van der Waals surface area contributed by atoms with E-state index in [-0.39, 0.29) is 5.41 Å². The summed E-state index contributed by atoms with van der Waals surface area (Å²) in [6.07, 6.45) is 3.95. The third kappa shape index (κ3) is 3.98. The summed E-state index contributed by atoms with van der Waals surface area (Å²) in [6, 6.07) is 14.8. The fraction of sp³-hybridized carbons (Fsp3) is 0.320. The molecule has 3 aromatic heterocycles. The molecular formula is C25H29N5. The molecule has 30 heavy (non-hydrogen) atoms. The van der Waals surface area contributed by atoms with Gasteiger partial charge in [0.1, 0.15) is 11.5 Å². The lowest BCUT2D eigenvalue weighted by Crippen LogP contribution is -2.16. The van der Waals surface area contributed by atoms with E-state index in [1.807, 2.05) is 12.3 Å². The summed E-state index contributed by atoms with van der Waals surface area (Å²) in [5, 5.41) is 0. The first kappa shape index (κ1) is 20.2. The molecule has 154 valence electrons. The minimum Gasteiger partial charge on any atom is -0.305 e. The van der Waals surface area contributed by atoms with Gasteiger partial charge >= 0.3 is 0 Å². The number of fused-ring (bicyclic) bond motifs is 1. The quantitative estimate of drug-likeness (QED) is 0.477. The van der Waals surface area contributed by atoms with Crippen LogP contribution in [-0.2, 0) is 12.0 Å². The van der Waals surface area contributed by atoms with Crippen LogP contribution in [0.3, 0.4) is 0 Å². The summed E-state index contributed by atoms with van der Waals surface area (Å²) in [5.74, 6) is 0.828. The first-order chi connectivity index (χ1) is 14.2. The minimum absolute atomic E-state index is 0.126. The van der Waals surface area contributed by atoms with Gasteiger partial charge in [0, 0.05) is 29.9 Å². The van der Waals surface area contributed by atoms with Crippen molar-refractivity contribution >= 4 is 5.65 Å². The van der Waals surface area contributed by atoms with Crippen LogP contribution in [0.5, 0.6) is 0 Å². The topological polar surface area (TPSA) is 46.3 Å². The molecule has 5 heteroatoms. The van der Waals surface area contributed by atoms with Crippen LogP contribution in [0.1, 0.15) is 37.7 Å². The smallest absolute Gasteiger partial charge is 0.138 e. The van der Waals surface area contributed by atoms with E-state index in [4.69, 9.17) is 9.97 Å². The van der Waals surface area contributed by atoms with E-state index in [1.54, 1.807) is 0 Å². The Morgan fingerprint density at radius 1 is 0.967 bits per heavy atom. The number of rotatable bonds is 4. The summed E-state index contributed by atoms with van der Waals surface area (Å²) in [5.41, 5.74) is 7.18. The van der Waals surface area contributed by atoms with E-state index < -0.39 is 0 Å². The van der Waals surface area contributed by atoms with Crippen LogP contribution in [0.4, 0.5) is 0 Å². The monoisotopic (exact) mass is 399 g/mol. The molecule has 3 heterocycles. The van der Waals surface area contributed by atoms with Gasteiger partial charge in [-0.3, -0.25) is 4.40 Å². The average molecular weight is 400 g/mol. The van der Waals surface area contributed by atoms with E-state index in [2.05, 4.69) is 98.7 Å². The van der Waals surface area contributed by atoms with Gasteiger partial charge in [-0.1, -0.05) is 50.6 Å². The number of pyridine rings is 1. The third-order valence-electron chi connectivity index (χ3n) is 5.08. The second kappa shape index (κ2) is 7.65. The Morgan fingerprint density at radius 2 is 1.70 bits per heavy atom. The van der Waals surface area contributed by atoms with Crippen LogP contribution in [0.2, 0.25) is 0 Å². The van der Waals surface area contributed by atoms with Gasteiger partial charge in [0.2, 0.25) is 0 Å². The maximum absolute atomic E-state index is 5.03. The van der Waals surface area contributed by atoms with Crippen LogP contribution in [-0.4, -0.2) is 38.3 Å². The summed E-state index contributed by atoms with van der Waals surface area (Å²) in [4.78, 5) is 16.6. The van der Waals surface area contributed by atoms with Crippen molar-refractivity contribution in [3.05, 3.63) is 71.8 Å². The standard InChI is InChI=1S/C25H29N5/c1-17-7-9-19(10-8-17)22-23(20-11-13-26-24(27-20)25(2,3)4)30-14-12-18(16-29(5)6)15-21(30)28-22/h7-15H,16H2,1-6H3. The zero-order valence-corrected chi connectivity index (χ0v) is 18.6. The highest BCUT2D eigenvalue weighted by Gasteiger charge is 2.21. The van der Waals surface area contributed by atoms with Crippen molar-refractivity contribution in [2.45, 2.75) is 39.7 Å². The van der Waals surface area contributed by atoms with Crippen LogP contribution in [0.25, 0.3) is 28.3 Å². The second-order valence-electron chi connectivity index (χ2n) is 9.19. The number of aromatic nitrogens is 4. The molecule has 0 atom stereocenters. The average Bonchev–Trinajstić information content (AvgIpc) is 3.06. The second-order valence-corrected chi connectivity index (χ2v) is 9.19. The lowest BCUT2D eigenvalue weighted by Gasteiger charge is -2.17. The van der Waals surface area contributed by atoms with Crippen molar-refractivity contribution in [1.82, 2.24) is 24.3 Å². The Kier molecular flexibility index (Phi) is 5.16. The van der Waals surface area contributed by atoms with Crippen molar-refractivity contribution in [1.29, 1.82) is 0 Å². The number of hydrogen-bond acceptors (Lipinski definition) is 4. The van der Waals surface area contributed by atoms with Crippen molar-refractivity contribution in [2.75, 3.05) is 14.1 Å². The van der Waals surface area contributed by atoms with Crippen molar-refractivity contribution in [3.63, 3.8) is 0 Å². The predicted molar refractivity (Wildman–Crippen MR) is 122 cm³/mol. The molecule has 0 N–H and O–H groups in total.